The molecule has 12 aromatic rings. The largest absolute Gasteiger partial charge is 3.00 e. The molecule has 0 spiro atoms. The average molecular weight is 1860 g/mol. The van der Waals surface area contributed by atoms with Crippen molar-refractivity contribution in [1.82, 2.24) is 0 Å². The zero-order valence-electron chi connectivity index (χ0n) is 70.2. The normalized spacial score (nSPS) is 16.0. The van der Waals surface area contributed by atoms with Crippen molar-refractivity contribution in [3.05, 3.63) is 428 Å². The van der Waals surface area contributed by atoms with Crippen molar-refractivity contribution in [3.63, 3.8) is 0 Å². The van der Waals surface area contributed by atoms with Gasteiger partial charge in [0.25, 0.3) is 0 Å². The first kappa shape index (κ1) is 101. The molecule has 0 nitrogen and oxygen atoms in total. The summed E-state index contributed by atoms with van der Waals surface area (Å²) in [6, 6.07) is 81.7. The SMILES string of the molecule is Cc1cc2c(c3c1C(C)C=C3)C(C)c1ccccc1-2.[CH-]=Cc1[c-]c(C)c2c(c1)-c1ccccc1C2C.[CH-]=Cc1[c-]c2c(cc1)-c1c(C)cccc1C2C.[CH-]=Cc1[c-]c2c(cc1)C(C)c1ccc(C)cc1-2.[CH-]=Cc1[c-]cc2c(c1C)C(C)c1ccccc1-2.[CH-]=Cc1[c-]ccc2c1-c1ccc(C)cc1C2C.[CH3-].[CH3-].[CH3-].[CH3-].[CH3-].[Y+3].[Y+3].[Y+3].[Y+3].[Y+3]. The molecular formula is C109H103Y5. The monoisotopic (exact) mass is 1860 g/mol. The second-order valence-electron chi connectivity index (χ2n) is 29.3. The fourth-order valence-corrected chi connectivity index (χ4v) is 17.9. The summed E-state index contributed by atoms with van der Waals surface area (Å²) in [5.41, 5.74) is 48.7. The molecule has 7 aliphatic rings. The van der Waals surface area contributed by atoms with Gasteiger partial charge in [-0.2, -0.15) is 23.8 Å². The van der Waals surface area contributed by atoms with Gasteiger partial charge in [0.1, 0.15) is 0 Å². The minimum atomic E-state index is 0. The smallest absolute Gasteiger partial charge is 0.358 e. The van der Waals surface area contributed by atoms with Crippen LogP contribution >= 0.6 is 0 Å². The maximum absolute atomic E-state index is 5.70. The van der Waals surface area contributed by atoms with Gasteiger partial charge in [0.15, 0.2) is 0 Å². The summed E-state index contributed by atoms with van der Waals surface area (Å²) in [6.45, 7) is 56.9. The number of hydrogen-bond acceptors (Lipinski definition) is 0. The number of aryl methyl sites for hydroxylation is 5. The number of benzene rings is 12. The van der Waals surface area contributed by atoms with Crippen LogP contribution in [0.1, 0.15) is 229 Å². The summed E-state index contributed by atoms with van der Waals surface area (Å²) in [7, 11) is 0. The third-order valence-corrected chi connectivity index (χ3v) is 23.1. The van der Waals surface area contributed by atoms with Crippen LogP contribution in [-0.4, -0.2) is 0 Å². The van der Waals surface area contributed by atoms with Crippen LogP contribution in [0.15, 0.2) is 188 Å². The topological polar surface area (TPSA) is 0 Å². The summed E-state index contributed by atoms with van der Waals surface area (Å²) >= 11 is 0. The van der Waals surface area contributed by atoms with E-state index in [2.05, 4.69) is 296 Å². The van der Waals surface area contributed by atoms with Crippen LogP contribution in [0.25, 0.3) is 103 Å². The molecule has 7 atom stereocenters. The molecule has 12 aromatic carbocycles. The Balaban J connectivity index is 0.000000283. The molecule has 0 aliphatic heterocycles. The van der Waals surface area contributed by atoms with Crippen LogP contribution in [0, 0.1) is 142 Å². The van der Waals surface area contributed by atoms with Crippen LogP contribution in [-0.2, 0) is 164 Å². The minimum Gasteiger partial charge on any atom is -0.358 e. The van der Waals surface area contributed by atoms with E-state index in [-0.39, 0.29) is 201 Å². The average Bonchev–Trinajstić information content (AvgIpc) is 1.58. The summed E-state index contributed by atoms with van der Waals surface area (Å²) in [4.78, 5) is 0. The fraction of sp³-hybridized carbons (Fsp3) is 0.183. The molecule has 7 aliphatic carbocycles. The summed E-state index contributed by atoms with van der Waals surface area (Å²) in [6.07, 6.45) is 12.8. The van der Waals surface area contributed by atoms with Gasteiger partial charge >= 0.3 is 164 Å². The van der Waals surface area contributed by atoms with Crippen molar-refractivity contribution < 1.29 is 164 Å². The molecule has 0 fully saturated rings. The van der Waals surface area contributed by atoms with Gasteiger partial charge in [0.2, 0.25) is 0 Å². The molecule has 5 heteroatoms. The molecule has 19 rings (SSSR count). The van der Waals surface area contributed by atoms with E-state index in [1.54, 1.807) is 41.5 Å². The Hall–Kier alpha value is -5.40. The quantitative estimate of drug-likeness (QED) is 0.151. The number of rotatable bonds is 5. The van der Waals surface area contributed by atoms with Gasteiger partial charge in [0.05, 0.1) is 0 Å². The van der Waals surface area contributed by atoms with Crippen molar-refractivity contribution in [2.45, 2.75) is 131 Å². The Morgan fingerprint density at radius 1 is 0.325 bits per heavy atom. The van der Waals surface area contributed by atoms with Gasteiger partial charge in [-0.25, -0.2) is 54.1 Å². The van der Waals surface area contributed by atoms with Gasteiger partial charge in [-0.3, -0.25) is 17.2 Å². The Labute approximate surface area is 814 Å². The summed E-state index contributed by atoms with van der Waals surface area (Å²) in [5, 5.41) is 0. The van der Waals surface area contributed by atoms with Crippen molar-refractivity contribution in [2.75, 3.05) is 0 Å². The van der Waals surface area contributed by atoms with Gasteiger partial charge in [0, 0.05) is 11.8 Å². The molecule has 0 saturated heterocycles. The zero-order chi connectivity index (χ0) is 73.1. The van der Waals surface area contributed by atoms with Crippen LogP contribution < -0.4 is 0 Å². The predicted molar refractivity (Wildman–Crippen MR) is 472 cm³/mol. The molecule has 0 radical (unpaired) electrons. The second-order valence-corrected chi connectivity index (χ2v) is 29.3. The predicted octanol–water partition coefficient (Wildman–Crippen LogP) is 29.4. The maximum atomic E-state index is 5.70. The number of fused-ring (bicyclic) bond motifs is 20. The molecular weight excluding hydrogens is 1750 g/mol. The van der Waals surface area contributed by atoms with E-state index < -0.39 is 0 Å². The van der Waals surface area contributed by atoms with Crippen LogP contribution in [0.5, 0.6) is 0 Å². The van der Waals surface area contributed by atoms with Crippen LogP contribution in [0.3, 0.4) is 0 Å². The second kappa shape index (κ2) is 43.0. The maximum Gasteiger partial charge on any atom is 3.00 e. The van der Waals surface area contributed by atoms with E-state index in [4.69, 9.17) is 32.9 Å². The molecule has 0 saturated carbocycles. The summed E-state index contributed by atoms with van der Waals surface area (Å²) in [5.74, 6) is 3.34. The van der Waals surface area contributed by atoms with Crippen LogP contribution in [0.2, 0.25) is 0 Å². The molecule has 0 N–H and O–H groups in total. The van der Waals surface area contributed by atoms with E-state index in [1.807, 2.05) is 18.2 Å². The third-order valence-electron chi connectivity index (χ3n) is 23.1. The van der Waals surface area contributed by atoms with Crippen LogP contribution in [0.4, 0.5) is 0 Å². The van der Waals surface area contributed by atoms with E-state index in [0.717, 1.165) is 27.8 Å². The molecule has 7 unspecified atom stereocenters. The first-order valence-electron chi connectivity index (χ1n) is 36.8. The molecule has 114 heavy (non-hydrogen) atoms. The fourth-order valence-electron chi connectivity index (χ4n) is 17.9. The van der Waals surface area contributed by atoms with Crippen molar-refractivity contribution in [1.29, 1.82) is 0 Å². The first-order valence-corrected chi connectivity index (χ1v) is 36.8. The third kappa shape index (κ3) is 18.8. The van der Waals surface area contributed by atoms with Crippen molar-refractivity contribution >= 4 is 36.5 Å². The first-order chi connectivity index (χ1) is 50.3. The minimum absolute atomic E-state index is 0. The standard InChI is InChI=1S/C19H18.5C17H14.5CH3.5Y/c1-11-8-9-16-18(11)12(2)10-17-15-7-5-4-6-14(15)13(3)19(16)17;1-4-13-6-8-15-12(3)14-7-5-11(2)9-16(14)17(15)10-13;1-4-13-6-5-7-14-12(3)16-10-11(2)8-9-15(16)17(13)14;1-4-13-8-9-15-16(10-13)12(3)14-7-5-6-11(2)17(14)15;1-4-13-9-11(2)17-12(3)14-7-5-6-8-15(14)16(17)10-13;1-4-13-9-10-16-15-8-6-5-7-14(15)12(3)17(16)11(13)2;;;;;;;;;;/h4-11,13H,1-3H3;1,4-9,12H,2-3H3;1,4-5,7-10,12H,2-3H3;1,4-9,12H,2-3H3;2*1,4-8,10,12H,2-3H3;5*1H3;;;;;/q;5*-2;5*-1;5*+3. The molecule has 0 amide bonds. The number of allylic oxidation sites excluding steroid dienone is 1. The van der Waals surface area contributed by atoms with Crippen molar-refractivity contribution in [2.24, 2.45) is 0 Å². The molecule has 554 valence electrons. The van der Waals surface area contributed by atoms with E-state index >= 15 is 0 Å². The summed E-state index contributed by atoms with van der Waals surface area (Å²) < 4.78 is 0. The molecule has 0 aromatic heterocycles. The van der Waals surface area contributed by atoms with Gasteiger partial charge < -0.3 is 111 Å². The van der Waals surface area contributed by atoms with E-state index in [0.29, 0.717) is 41.4 Å². The van der Waals surface area contributed by atoms with Gasteiger partial charge in [-0.1, -0.05) is 264 Å². The Bertz CT molecular complexity index is 5540. The Morgan fingerprint density at radius 3 is 1.44 bits per heavy atom. The Morgan fingerprint density at radius 2 is 0.825 bits per heavy atom. The molecule has 0 heterocycles. The van der Waals surface area contributed by atoms with Crippen molar-refractivity contribution in [3.8, 4) is 66.8 Å². The van der Waals surface area contributed by atoms with Gasteiger partial charge in [-0.15, -0.1) is 56.6 Å². The Kier molecular flexibility index (Phi) is 38.1. The van der Waals surface area contributed by atoms with Gasteiger partial charge in [-0.05, 0) is 124 Å². The van der Waals surface area contributed by atoms with E-state index in [9.17, 15) is 0 Å². The molecule has 0 bridgehead atoms. The van der Waals surface area contributed by atoms with E-state index in [1.165, 1.54) is 167 Å². The number of hydrogen-bond donors (Lipinski definition) is 0. The zero-order valence-corrected chi connectivity index (χ0v) is 84.4.